The van der Waals surface area contributed by atoms with Crippen molar-refractivity contribution in [2.24, 2.45) is 0 Å². The molecule has 3 rings (SSSR count). The molecule has 7 nitrogen and oxygen atoms in total. The summed E-state index contributed by atoms with van der Waals surface area (Å²) in [5.74, 6) is 1.01. The molecule has 27 heavy (non-hydrogen) atoms. The molecule has 2 aromatic carbocycles. The third-order valence-corrected chi connectivity index (χ3v) is 4.14. The lowest BCUT2D eigenvalue weighted by Gasteiger charge is -2.21. The molecule has 1 aliphatic rings. The molecule has 0 aliphatic carbocycles. The molecule has 2 amide bonds. The fourth-order valence-corrected chi connectivity index (χ4v) is 2.73. The van der Waals surface area contributed by atoms with E-state index in [2.05, 4.69) is 5.32 Å². The van der Waals surface area contributed by atoms with Crippen LogP contribution in [0.2, 0.25) is 0 Å². The maximum absolute atomic E-state index is 12.2. The van der Waals surface area contributed by atoms with Gasteiger partial charge in [-0.15, -0.1) is 0 Å². The Morgan fingerprint density at radius 1 is 1.19 bits per heavy atom. The molecule has 1 heterocycles. The Labute approximate surface area is 157 Å². The van der Waals surface area contributed by atoms with Crippen LogP contribution in [0, 0.1) is 11.3 Å². The first-order valence-corrected chi connectivity index (χ1v) is 8.49. The van der Waals surface area contributed by atoms with Gasteiger partial charge in [0.05, 0.1) is 11.6 Å². The van der Waals surface area contributed by atoms with Gasteiger partial charge in [-0.25, -0.2) is 0 Å². The summed E-state index contributed by atoms with van der Waals surface area (Å²) in [4.78, 5) is 25.7. The lowest BCUT2D eigenvalue weighted by Crippen LogP contribution is -2.31. The van der Waals surface area contributed by atoms with E-state index in [-0.39, 0.29) is 31.6 Å². The lowest BCUT2D eigenvalue weighted by molar-refractivity contribution is -0.129. The molecular formula is C20H19N3O4. The summed E-state index contributed by atoms with van der Waals surface area (Å²) in [6.45, 7) is 2.33. The highest BCUT2D eigenvalue weighted by Gasteiger charge is 2.16. The van der Waals surface area contributed by atoms with Gasteiger partial charge >= 0.3 is 0 Å². The van der Waals surface area contributed by atoms with Crippen molar-refractivity contribution in [2.45, 2.75) is 19.9 Å². The minimum absolute atomic E-state index is 0.119. The highest BCUT2D eigenvalue weighted by atomic mass is 16.7. The molecule has 0 unspecified atom stereocenters. The van der Waals surface area contributed by atoms with Gasteiger partial charge in [0.25, 0.3) is 0 Å². The Morgan fingerprint density at radius 3 is 2.78 bits per heavy atom. The smallest absolute Gasteiger partial charge is 0.231 e. The van der Waals surface area contributed by atoms with E-state index in [9.17, 15) is 9.59 Å². The Kier molecular flexibility index (Phi) is 5.57. The zero-order chi connectivity index (χ0) is 19.2. The number of anilines is 1. The number of hydrogen-bond donors (Lipinski definition) is 1. The normalized spacial score (nSPS) is 11.6. The minimum Gasteiger partial charge on any atom is -0.454 e. The number of nitriles is 1. The second-order valence-corrected chi connectivity index (χ2v) is 6.12. The van der Waals surface area contributed by atoms with Gasteiger partial charge in [-0.1, -0.05) is 12.1 Å². The van der Waals surface area contributed by atoms with Crippen LogP contribution in [0.1, 0.15) is 24.5 Å². The predicted molar refractivity (Wildman–Crippen MR) is 98.1 cm³/mol. The molecule has 7 heteroatoms. The van der Waals surface area contributed by atoms with Gasteiger partial charge in [0.2, 0.25) is 18.6 Å². The zero-order valence-corrected chi connectivity index (χ0v) is 14.9. The van der Waals surface area contributed by atoms with Crippen LogP contribution in [0.25, 0.3) is 0 Å². The molecule has 2 aromatic rings. The second kappa shape index (κ2) is 8.23. The van der Waals surface area contributed by atoms with Gasteiger partial charge in [-0.2, -0.15) is 5.26 Å². The van der Waals surface area contributed by atoms with E-state index in [1.54, 1.807) is 29.2 Å². The highest BCUT2D eigenvalue weighted by Crippen LogP contribution is 2.32. The number of nitrogens with one attached hydrogen (secondary N) is 1. The largest absolute Gasteiger partial charge is 0.454 e. The third-order valence-electron chi connectivity index (χ3n) is 4.14. The van der Waals surface area contributed by atoms with Crippen molar-refractivity contribution in [3.8, 4) is 17.6 Å². The maximum Gasteiger partial charge on any atom is 0.231 e. The summed E-state index contributed by atoms with van der Waals surface area (Å²) in [7, 11) is 0. The quantitative estimate of drug-likeness (QED) is 0.850. The first-order chi connectivity index (χ1) is 13.0. The maximum atomic E-state index is 12.2. The SMILES string of the molecule is CC(=O)N(CCC(=O)Nc1cccc(C#N)c1)Cc1ccc2c(c1)OCO2. The van der Waals surface area contributed by atoms with Crippen molar-refractivity contribution < 1.29 is 19.1 Å². The molecule has 0 saturated carbocycles. The Balaban J connectivity index is 1.57. The van der Waals surface area contributed by atoms with Crippen LogP contribution in [-0.2, 0) is 16.1 Å². The van der Waals surface area contributed by atoms with Gasteiger partial charge in [-0.05, 0) is 35.9 Å². The van der Waals surface area contributed by atoms with Gasteiger partial charge in [0.1, 0.15) is 0 Å². The second-order valence-electron chi connectivity index (χ2n) is 6.12. The summed E-state index contributed by atoms with van der Waals surface area (Å²) in [5.41, 5.74) is 1.93. The monoisotopic (exact) mass is 365 g/mol. The van der Waals surface area contributed by atoms with Crippen molar-refractivity contribution >= 4 is 17.5 Å². The molecule has 138 valence electrons. The fraction of sp³-hybridized carbons (Fsp3) is 0.250. The molecule has 1 N–H and O–H groups in total. The number of carbonyl (C=O) groups is 2. The fourth-order valence-electron chi connectivity index (χ4n) is 2.73. The number of benzene rings is 2. The molecular weight excluding hydrogens is 346 g/mol. The summed E-state index contributed by atoms with van der Waals surface area (Å²) >= 11 is 0. The average molecular weight is 365 g/mol. The number of fused-ring (bicyclic) bond motifs is 1. The van der Waals surface area contributed by atoms with Crippen molar-refractivity contribution in [1.82, 2.24) is 4.90 Å². The van der Waals surface area contributed by atoms with Crippen LogP contribution in [0.3, 0.4) is 0 Å². The van der Waals surface area contributed by atoms with Crippen LogP contribution in [0.15, 0.2) is 42.5 Å². The zero-order valence-electron chi connectivity index (χ0n) is 14.9. The number of rotatable bonds is 6. The van der Waals surface area contributed by atoms with Crippen molar-refractivity contribution in [3.63, 3.8) is 0 Å². The number of ether oxygens (including phenoxy) is 2. The molecule has 0 atom stereocenters. The van der Waals surface area contributed by atoms with Crippen LogP contribution in [-0.4, -0.2) is 30.1 Å². The standard InChI is InChI=1S/C20H19N3O4/c1-14(24)23(12-16-5-6-18-19(10-16)27-13-26-18)8-7-20(25)22-17-4-2-3-15(9-17)11-21/h2-6,9-10H,7-8,12-13H2,1H3,(H,22,25). The van der Waals surface area contributed by atoms with Crippen LogP contribution < -0.4 is 14.8 Å². The van der Waals surface area contributed by atoms with Crippen molar-refractivity contribution in [3.05, 3.63) is 53.6 Å². The molecule has 0 fully saturated rings. The van der Waals surface area contributed by atoms with Gasteiger partial charge in [-0.3, -0.25) is 9.59 Å². The van der Waals surface area contributed by atoms with Crippen molar-refractivity contribution in [1.29, 1.82) is 5.26 Å². The van der Waals surface area contributed by atoms with Crippen LogP contribution >= 0.6 is 0 Å². The number of amides is 2. The first-order valence-electron chi connectivity index (χ1n) is 8.49. The number of nitrogens with zero attached hydrogens (tertiary/aromatic N) is 2. The van der Waals surface area contributed by atoms with Crippen LogP contribution in [0.4, 0.5) is 5.69 Å². The Bertz CT molecular complexity index is 904. The van der Waals surface area contributed by atoms with Gasteiger partial charge < -0.3 is 19.7 Å². The summed E-state index contributed by atoms with van der Waals surface area (Å²) in [6.07, 6.45) is 0.154. The molecule has 0 radical (unpaired) electrons. The van der Waals surface area contributed by atoms with E-state index >= 15 is 0 Å². The molecule has 0 bridgehead atoms. The van der Waals surface area contributed by atoms with E-state index in [1.807, 2.05) is 24.3 Å². The highest BCUT2D eigenvalue weighted by molar-refractivity contribution is 5.91. The molecule has 0 aromatic heterocycles. The number of hydrogen-bond acceptors (Lipinski definition) is 5. The summed E-state index contributed by atoms with van der Waals surface area (Å²) < 4.78 is 10.6. The first kappa shape index (κ1) is 18.3. The average Bonchev–Trinajstić information content (AvgIpc) is 3.12. The van der Waals surface area contributed by atoms with E-state index in [0.717, 1.165) is 5.56 Å². The van der Waals surface area contributed by atoms with Crippen molar-refractivity contribution in [2.75, 3.05) is 18.7 Å². The minimum atomic E-state index is -0.220. The Morgan fingerprint density at radius 2 is 2.00 bits per heavy atom. The summed E-state index contributed by atoms with van der Waals surface area (Å²) in [5, 5.41) is 11.7. The molecule has 0 saturated heterocycles. The summed E-state index contributed by atoms with van der Waals surface area (Å²) in [6, 6.07) is 14.2. The van der Waals surface area contributed by atoms with Gasteiger partial charge in [0.15, 0.2) is 11.5 Å². The van der Waals surface area contributed by atoms with E-state index in [4.69, 9.17) is 14.7 Å². The third kappa shape index (κ3) is 4.76. The molecule has 1 aliphatic heterocycles. The van der Waals surface area contributed by atoms with E-state index in [1.165, 1.54) is 6.92 Å². The topological polar surface area (TPSA) is 91.7 Å². The van der Waals surface area contributed by atoms with E-state index in [0.29, 0.717) is 29.3 Å². The molecule has 0 spiro atoms. The van der Waals surface area contributed by atoms with E-state index < -0.39 is 0 Å². The van der Waals surface area contributed by atoms with Crippen LogP contribution in [0.5, 0.6) is 11.5 Å². The Hall–Kier alpha value is -3.53. The van der Waals surface area contributed by atoms with Gasteiger partial charge in [0, 0.05) is 32.1 Å². The predicted octanol–water partition coefficient (Wildman–Crippen LogP) is 2.66. The lowest BCUT2D eigenvalue weighted by atomic mass is 10.2. The number of carbonyl (C=O) groups excluding carboxylic acids is 2.